The van der Waals surface area contributed by atoms with Crippen LogP contribution in [0.5, 0.6) is 0 Å². The minimum absolute atomic E-state index is 1.01. The predicted octanol–water partition coefficient (Wildman–Crippen LogP) is -3.79. The molecule has 0 fully saturated rings. The van der Waals surface area contributed by atoms with E-state index in [9.17, 15) is 24.1 Å². The first kappa shape index (κ1) is 19.8. The number of aliphatic hydroxyl groups is 4. The second-order valence-corrected chi connectivity index (χ2v) is 6.80. The van der Waals surface area contributed by atoms with Gasteiger partial charge in [-0.05, 0) is 0 Å². The number of hydrogen-bond donors (Lipinski definition) is 8. The van der Waals surface area contributed by atoms with Crippen LogP contribution in [-0.4, -0.2) is 71.6 Å². The highest BCUT2D eigenvalue weighted by Crippen LogP contribution is 2.57. The van der Waals surface area contributed by atoms with Crippen molar-refractivity contribution in [1.82, 2.24) is 0 Å². The average Bonchev–Trinajstić information content (AvgIpc) is 2.31. The van der Waals surface area contributed by atoms with Gasteiger partial charge in [-0.3, -0.25) is 9.36 Å². The van der Waals surface area contributed by atoms with Gasteiger partial charge in [-0.25, -0.2) is 8.88 Å². The van der Waals surface area contributed by atoms with Gasteiger partial charge in [-0.15, -0.1) is 0 Å². The van der Waals surface area contributed by atoms with E-state index in [-0.39, 0.29) is 0 Å². The van der Waals surface area contributed by atoms with Crippen molar-refractivity contribution in [2.75, 3.05) is 6.61 Å². The number of carbonyl (C=O) groups excluding carboxylic acids is 1. The molecule has 0 saturated carbocycles. The molecule has 0 aromatic carbocycles. The maximum atomic E-state index is 11.4. The van der Waals surface area contributed by atoms with Crippen molar-refractivity contribution >= 4 is 20.9 Å². The topological polar surface area (TPSA) is 228 Å². The lowest BCUT2D eigenvalue weighted by atomic mass is 10.0. The summed E-state index contributed by atoms with van der Waals surface area (Å²) in [7, 11) is -11.0. The zero-order valence-electron chi connectivity index (χ0n) is 9.75. The monoisotopic (exact) mass is 339 g/mol. The van der Waals surface area contributed by atoms with E-state index in [1.54, 1.807) is 0 Å². The van der Waals surface area contributed by atoms with Crippen molar-refractivity contribution in [3.63, 3.8) is 0 Å². The molecule has 0 aromatic heterocycles. The van der Waals surface area contributed by atoms with Gasteiger partial charge in [-0.2, -0.15) is 0 Å². The molecule has 1 unspecified atom stereocenters. The Morgan fingerprint density at radius 2 is 1.55 bits per heavy atom. The molecule has 0 saturated heterocycles. The van der Waals surface area contributed by atoms with E-state index >= 15 is 0 Å². The number of hydrogen-bond acceptors (Lipinski definition) is 9. The lowest BCUT2D eigenvalue weighted by Crippen LogP contribution is -2.52. The summed E-state index contributed by atoms with van der Waals surface area (Å²) in [5, 5.41) is 36.1. The van der Waals surface area contributed by atoms with E-state index in [1.165, 1.54) is 0 Å². The predicted molar refractivity (Wildman–Crippen MR) is 61.0 cm³/mol. The highest BCUT2D eigenvalue weighted by Gasteiger charge is 2.45. The van der Waals surface area contributed by atoms with Crippen molar-refractivity contribution in [2.45, 2.75) is 24.4 Å². The van der Waals surface area contributed by atoms with Crippen LogP contribution in [0.4, 0.5) is 0 Å². The second-order valence-electron chi connectivity index (χ2n) is 3.69. The third kappa shape index (κ3) is 5.64. The van der Waals surface area contributed by atoms with Crippen LogP contribution < -0.4 is 5.73 Å². The van der Waals surface area contributed by atoms with Crippen LogP contribution in [0.15, 0.2) is 0 Å². The Balaban J connectivity index is 5.02. The van der Waals surface area contributed by atoms with Gasteiger partial charge >= 0.3 is 15.4 Å². The average molecular weight is 339 g/mol. The Kier molecular flexibility index (Phi) is 7.08. The summed E-state index contributed by atoms with van der Waals surface area (Å²) in [4.78, 5) is 37.1. The van der Waals surface area contributed by atoms with Crippen molar-refractivity contribution in [1.29, 1.82) is 0 Å². The maximum absolute atomic E-state index is 11.4. The van der Waals surface area contributed by atoms with Crippen LogP contribution in [0.25, 0.3) is 0 Å². The van der Waals surface area contributed by atoms with E-state index in [0.29, 0.717) is 0 Å². The number of phosphoric acid groups is 1. The van der Waals surface area contributed by atoms with Gasteiger partial charge in [0.2, 0.25) is 0 Å². The molecule has 0 spiro atoms. The zero-order valence-corrected chi connectivity index (χ0v) is 11.5. The number of nitrogens with two attached hydrogens (primary N) is 1. The number of rotatable bonds is 8. The fraction of sp³-hybridized carbons (Fsp3) is 0.833. The van der Waals surface area contributed by atoms with E-state index in [4.69, 9.17) is 30.6 Å². The summed E-state index contributed by atoms with van der Waals surface area (Å²) < 4.78 is 25.0. The quantitative estimate of drug-likeness (QED) is 0.199. The SMILES string of the molecule is N[C@@H](C(=O)P(=O)(O)OP(=O)(O)O)[C@@H](O)[C@@H](O)[C@H](O)CO. The lowest BCUT2D eigenvalue weighted by Gasteiger charge is -2.26. The first-order valence-corrected chi connectivity index (χ1v) is 7.99. The fourth-order valence-corrected chi connectivity index (χ4v) is 3.07. The molecule has 0 aliphatic carbocycles. The van der Waals surface area contributed by atoms with Crippen molar-refractivity contribution < 1.29 is 53.3 Å². The highest BCUT2D eigenvalue weighted by molar-refractivity contribution is 7.76. The molecule has 12 nitrogen and oxygen atoms in total. The molecule has 0 aliphatic heterocycles. The van der Waals surface area contributed by atoms with Gasteiger partial charge in [0.05, 0.1) is 6.61 Å². The summed E-state index contributed by atoms with van der Waals surface area (Å²) in [5.74, 6) is 0. The molecular weight excluding hydrogens is 324 g/mol. The van der Waals surface area contributed by atoms with Crippen LogP contribution in [0.3, 0.4) is 0 Å². The molecule has 0 bridgehead atoms. The molecule has 9 N–H and O–H groups in total. The second kappa shape index (κ2) is 7.16. The normalized spacial score (nSPS) is 21.6. The van der Waals surface area contributed by atoms with E-state index in [2.05, 4.69) is 4.31 Å². The fourth-order valence-electron chi connectivity index (χ4n) is 1.07. The van der Waals surface area contributed by atoms with Crippen molar-refractivity contribution in [3.8, 4) is 0 Å². The Labute approximate surface area is 112 Å². The third-order valence-corrected chi connectivity index (χ3v) is 4.67. The molecule has 0 aliphatic rings. The maximum Gasteiger partial charge on any atom is 0.477 e. The number of aliphatic hydroxyl groups excluding tert-OH is 4. The first-order chi connectivity index (χ1) is 8.83. The Morgan fingerprint density at radius 1 is 1.10 bits per heavy atom. The van der Waals surface area contributed by atoms with E-state index in [1.807, 2.05) is 0 Å². The van der Waals surface area contributed by atoms with Crippen LogP contribution >= 0.6 is 15.4 Å². The molecule has 0 heterocycles. The molecule has 120 valence electrons. The molecule has 0 amide bonds. The number of carbonyl (C=O) groups is 1. The lowest BCUT2D eigenvalue weighted by molar-refractivity contribution is -0.123. The van der Waals surface area contributed by atoms with Crippen LogP contribution in [0.2, 0.25) is 0 Å². The van der Waals surface area contributed by atoms with Crippen molar-refractivity contribution in [3.05, 3.63) is 0 Å². The third-order valence-electron chi connectivity index (χ3n) is 2.08. The van der Waals surface area contributed by atoms with Crippen molar-refractivity contribution in [2.24, 2.45) is 5.73 Å². The first-order valence-electron chi connectivity index (χ1n) is 4.88. The molecule has 14 heteroatoms. The molecule has 0 rings (SSSR count). The molecule has 20 heavy (non-hydrogen) atoms. The van der Waals surface area contributed by atoms with Gasteiger partial charge in [-0.1, -0.05) is 0 Å². The largest absolute Gasteiger partial charge is 0.477 e. The summed E-state index contributed by atoms with van der Waals surface area (Å²) in [6.07, 6.45) is -6.33. The van der Waals surface area contributed by atoms with Crippen LogP contribution in [0.1, 0.15) is 0 Å². The summed E-state index contributed by atoms with van der Waals surface area (Å²) >= 11 is 0. The van der Waals surface area contributed by atoms with E-state index in [0.717, 1.165) is 0 Å². The van der Waals surface area contributed by atoms with Gasteiger partial charge in [0.1, 0.15) is 24.4 Å². The minimum atomic E-state index is -5.54. The molecule has 0 aromatic rings. The Morgan fingerprint density at radius 3 is 1.90 bits per heavy atom. The Bertz CT molecular complexity index is 435. The standard InChI is InChI=1S/C6H15NO11P2/c7-3(5(11)4(10)2(9)1-8)6(12)19(13,14)18-20(15,16)17/h2-5,8-11H,1,7H2,(H,13,14)(H2,15,16,17)/t2-,3-,4+,5-/m1/s1. The van der Waals surface area contributed by atoms with Gasteiger partial charge in [0.15, 0.2) is 0 Å². The van der Waals surface area contributed by atoms with Gasteiger partial charge in [0.25, 0.3) is 5.52 Å². The molecular formula is C6H15NO11P2. The van der Waals surface area contributed by atoms with E-state index < -0.39 is 51.9 Å². The van der Waals surface area contributed by atoms with Gasteiger partial charge in [0, 0.05) is 0 Å². The minimum Gasteiger partial charge on any atom is -0.394 e. The van der Waals surface area contributed by atoms with Crippen LogP contribution in [0, 0.1) is 0 Å². The zero-order chi connectivity index (χ0) is 16.3. The summed E-state index contributed by atoms with van der Waals surface area (Å²) in [6.45, 7) is -1.01. The highest BCUT2D eigenvalue weighted by atomic mass is 31.3. The summed E-state index contributed by atoms with van der Waals surface area (Å²) in [5.41, 5.74) is 3.05. The van der Waals surface area contributed by atoms with Gasteiger partial charge < -0.3 is 40.8 Å². The van der Waals surface area contributed by atoms with Crippen LogP contribution in [-0.2, 0) is 18.2 Å². The summed E-state index contributed by atoms with van der Waals surface area (Å²) in [6, 6.07) is -2.30. The molecule has 5 atom stereocenters. The molecule has 0 radical (unpaired) electrons. The Hall–Kier alpha value is -0.230. The smallest absolute Gasteiger partial charge is 0.394 e.